The number of carbonyl (C=O) groups is 1. The van der Waals surface area contributed by atoms with E-state index in [4.69, 9.17) is 27.9 Å². The Morgan fingerprint density at radius 3 is 2.55 bits per heavy atom. The first kappa shape index (κ1) is 21.6. The number of amides is 1. The van der Waals surface area contributed by atoms with Crippen molar-refractivity contribution in [2.75, 3.05) is 26.2 Å². The van der Waals surface area contributed by atoms with E-state index in [2.05, 4.69) is 10.00 Å². The van der Waals surface area contributed by atoms with Gasteiger partial charge in [-0.05, 0) is 35.9 Å². The summed E-state index contributed by atoms with van der Waals surface area (Å²) < 4.78 is 20.5. The van der Waals surface area contributed by atoms with Crippen molar-refractivity contribution < 1.29 is 13.9 Å². The molecule has 2 heterocycles. The van der Waals surface area contributed by atoms with Gasteiger partial charge in [0, 0.05) is 43.9 Å². The Balaban J connectivity index is 1.34. The molecule has 2 aromatic carbocycles. The van der Waals surface area contributed by atoms with Crippen LogP contribution < -0.4 is 4.74 Å². The molecule has 6 nitrogen and oxygen atoms in total. The average Bonchev–Trinajstić information content (AvgIpc) is 3.24. The topological polar surface area (TPSA) is 50.6 Å². The molecule has 0 saturated carbocycles. The first-order valence-electron chi connectivity index (χ1n) is 9.86. The molecular formula is C22H21Cl2FN4O2. The summed E-state index contributed by atoms with van der Waals surface area (Å²) in [6.45, 7) is 3.25. The predicted octanol–water partition coefficient (Wildman–Crippen LogP) is 4.32. The van der Waals surface area contributed by atoms with Gasteiger partial charge in [0.2, 0.25) is 0 Å². The minimum atomic E-state index is -0.348. The van der Waals surface area contributed by atoms with Gasteiger partial charge in [0.05, 0.1) is 5.02 Å². The van der Waals surface area contributed by atoms with Gasteiger partial charge in [-0.2, -0.15) is 5.10 Å². The number of para-hydroxylation sites is 1. The average molecular weight is 463 g/mol. The molecule has 31 heavy (non-hydrogen) atoms. The molecular weight excluding hydrogens is 442 g/mol. The van der Waals surface area contributed by atoms with E-state index >= 15 is 0 Å². The Kier molecular flexibility index (Phi) is 6.75. The highest BCUT2D eigenvalue weighted by Gasteiger charge is 2.25. The number of rotatable bonds is 6. The maximum atomic E-state index is 13.2. The van der Waals surface area contributed by atoms with E-state index in [-0.39, 0.29) is 18.5 Å². The van der Waals surface area contributed by atoms with E-state index in [1.807, 2.05) is 12.1 Å². The highest BCUT2D eigenvalue weighted by molar-refractivity contribution is 6.32. The van der Waals surface area contributed by atoms with Crippen LogP contribution in [0.3, 0.4) is 0 Å². The molecule has 0 N–H and O–H groups in total. The second-order valence-electron chi connectivity index (χ2n) is 7.22. The van der Waals surface area contributed by atoms with Gasteiger partial charge in [0.1, 0.15) is 17.3 Å². The molecule has 0 atom stereocenters. The molecule has 1 aromatic heterocycles. The van der Waals surface area contributed by atoms with Crippen LogP contribution in [0.25, 0.3) is 0 Å². The van der Waals surface area contributed by atoms with E-state index in [0.29, 0.717) is 54.2 Å². The van der Waals surface area contributed by atoms with E-state index in [0.717, 1.165) is 5.56 Å². The van der Waals surface area contributed by atoms with E-state index < -0.39 is 0 Å². The number of benzene rings is 2. The Bertz CT molecular complexity index is 1070. The summed E-state index contributed by atoms with van der Waals surface area (Å²) >= 11 is 12.3. The third kappa shape index (κ3) is 5.18. The third-order valence-electron chi connectivity index (χ3n) is 5.18. The summed E-state index contributed by atoms with van der Waals surface area (Å²) in [7, 11) is 0. The van der Waals surface area contributed by atoms with Crippen molar-refractivity contribution in [1.29, 1.82) is 0 Å². The van der Waals surface area contributed by atoms with Crippen LogP contribution in [-0.4, -0.2) is 51.7 Å². The summed E-state index contributed by atoms with van der Waals surface area (Å²) in [5.41, 5.74) is 1.33. The molecule has 1 fully saturated rings. The Labute approximate surface area is 189 Å². The number of nitrogens with zero attached hydrogens (tertiary/aromatic N) is 4. The maximum absolute atomic E-state index is 13.2. The first-order chi connectivity index (χ1) is 15.0. The number of carbonyl (C=O) groups excluding carboxylic acids is 1. The van der Waals surface area contributed by atoms with Gasteiger partial charge in [-0.15, -0.1) is 0 Å². The van der Waals surface area contributed by atoms with Gasteiger partial charge in [-0.3, -0.25) is 9.69 Å². The van der Waals surface area contributed by atoms with Crippen LogP contribution in [0.4, 0.5) is 4.39 Å². The van der Waals surface area contributed by atoms with Crippen molar-refractivity contribution in [2.45, 2.75) is 13.3 Å². The minimum Gasteiger partial charge on any atom is -0.470 e. The SMILES string of the molecule is O=C(c1ccnn1COc1ccccc1Cl)N1CCN(Cc2ccc(F)cc2Cl)CC1. The quantitative estimate of drug-likeness (QED) is 0.547. The highest BCUT2D eigenvalue weighted by atomic mass is 35.5. The summed E-state index contributed by atoms with van der Waals surface area (Å²) in [6, 6.07) is 13.3. The highest BCUT2D eigenvalue weighted by Crippen LogP contribution is 2.24. The molecule has 0 radical (unpaired) electrons. The fourth-order valence-corrected chi connectivity index (χ4v) is 3.89. The van der Waals surface area contributed by atoms with Crippen LogP contribution in [0.15, 0.2) is 54.7 Å². The van der Waals surface area contributed by atoms with Crippen LogP contribution in [0.2, 0.25) is 10.0 Å². The lowest BCUT2D eigenvalue weighted by atomic mass is 10.2. The number of halogens is 3. The van der Waals surface area contributed by atoms with Crippen molar-refractivity contribution in [3.05, 3.63) is 81.8 Å². The second kappa shape index (κ2) is 9.68. The fourth-order valence-electron chi connectivity index (χ4n) is 3.47. The molecule has 0 aliphatic carbocycles. The first-order valence-corrected chi connectivity index (χ1v) is 10.6. The zero-order valence-corrected chi connectivity index (χ0v) is 18.2. The van der Waals surface area contributed by atoms with Crippen LogP contribution in [0.1, 0.15) is 16.1 Å². The lowest BCUT2D eigenvalue weighted by molar-refractivity contribution is 0.0607. The number of ether oxygens (including phenoxy) is 1. The predicted molar refractivity (Wildman–Crippen MR) is 117 cm³/mol. The van der Waals surface area contributed by atoms with Crippen molar-refractivity contribution in [3.63, 3.8) is 0 Å². The number of hydrogen-bond acceptors (Lipinski definition) is 4. The number of piperazine rings is 1. The van der Waals surface area contributed by atoms with Gasteiger partial charge < -0.3 is 9.64 Å². The van der Waals surface area contributed by atoms with Crippen LogP contribution >= 0.6 is 23.2 Å². The molecule has 0 unspecified atom stereocenters. The molecule has 3 aromatic rings. The van der Waals surface area contributed by atoms with Gasteiger partial charge in [-0.1, -0.05) is 41.4 Å². The minimum absolute atomic E-state index is 0.0842. The smallest absolute Gasteiger partial charge is 0.272 e. The van der Waals surface area contributed by atoms with Crippen LogP contribution in [0, 0.1) is 5.82 Å². The molecule has 4 rings (SSSR count). The molecule has 1 aliphatic rings. The molecule has 9 heteroatoms. The van der Waals surface area contributed by atoms with Crippen molar-refractivity contribution >= 4 is 29.1 Å². The zero-order chi connectivity index (χ0) is 21.8. The van der Waals surface area contributed by atoms with Crippen molar-refractivity contribution in [1.82, 2.24) is 19.6 Å². The van der Waals surface area contributed by atoms with Crippen LogP contribution in [-0.2, 0) is 13.3 Å². The zero-order valence-electron chi connectivity index (χ0n) is 16.7. The van der Waals surface area contributed by atoms with Gasteiger partial charge >= 0.3 is 0 Å². The molecule has 1 aliphatic heterocycles. The number of aromatic nitrogens is 2. The molecule has 0 bridgehead atoms. The van der Waals surface area contributed by atoms with E-state index in [1.165, 1.54) is 16.8 Å². The third-order valence-corrected chi connectivity index (χ3v) is 5.85. The Hall–Kier alpha value is -2.61. The van der Waals surface area contributed by atoms with Crippen molar-refractivity contribution in [2.24, 2.45) is 0 Å². The molecule has 1 saturated heterocycles. The molecule has 162 valence electrons. The van der Waals surface area contributed by atoms with Gasteiger partial charge in [0.15, 0.2) is 6.73 Å². The van der Waals surface area contributed by atoms with Gasteiger partial charge in [0.25, 0.3) is 5.91 Å². The lowest BCUT2D eigenvalue weighted by Crippen LogP contribution is -2.48. The van der Waals surface area contributed by atoms with Crippen LogP contribution in [0.5, 0.6) is 5.75 Å². The Morgan fingerprint density at radius 1 is 1.03 bits per heavy atom. The molecule has 1 amide bonds. The lowest BCUT2D eigenvalue weighted by Gasteiger charge is -2.34. The standard InChI is InChI=1S/C22H21Cl2FN4O2/c23-18-3-1-2-4-21(18)31-15-29-20(7-8-26-29)22(30)28-11-9-27(10-12-28)14-16-5-6-17(25)13-19(16)24/h1-8,13H,9-12,14-15H2. The largest absolute Gasteiger partial charge is 0.470 e. The second-order valence-corrected chi connectivity index (χ2v) is 8.04. The normalized spacial score (nSPS) is 14.6. The summed E-state index contributed by atoms with van der Waals surface area (Å²) in [5, 5.41) is 5.13. The summed E-state index contributed by atoms with van der Waals surface area (Å²) in [4.78, 5) is 17.0. The van der Waals surface area contributed by atoms with E-state index in [1.54, 1.807) is 35.4 Å². The summed E-state index contributed by atoms with van der Waals surface area (Å²) in [5.74, 6) is 0.0881. The Morgan fingerprint density at radius 2 is 1.81 bits per heavy atom. The maximum Gasteiger partial charge on any atom is 0.272 e. The summed E-state index contributed by atoms with van der Waals surface area (Å²) in [6.07, 6.45) is 1.58. The van der Waals surface area contributed by atoms with Gasteiger partial charge in [-0.25, -0.2) is 9.07 Å². The fraction of sp³-hybridized carbons (Fsp3) is 0.273. The van der Waals surface area contributed by atoms with E-state index in [9.17, 15) is 9.18 Å². The van der Waals surface area contributed by atoms with Crippen molar-refractivity contribution in [3.8, 4) is 5.75 Å². The monoisotopic (exact) mass is 462 g/mol. The number of hydrogen-bond donors (Lipinski definition) is 0. The molecule has 0 spiro atoms.